The zero-order valence-electron chi connectivity index (χ0n) is 13.2. The predicted molar refractivity (Wildman–Crippen MR) is 86.7 cm³/mol. The summed E-state index contributed by atoms with van der Waals surface area (Å²) in [6.07, 6.45) is 3.17. The quantitative estimate of drug-likeness (QED) is 0.767. The highest BCUT2D eigenvalue weighted by atomic mass is 32.2. The molecule has 0 spiro atoms. The van der Waals surface area contributed by atoms with E-state index >= 15 is 0 Å². The molecule has 1 saturated heterocycles. The molecule has 0 bridgehead atoms. The van der Waals surface area contributed by atoms with Gasteiger partial charge < -0.3 is 4.90 Å². The van der Waals surface area contributed by atoms with E-state index in [9.17, 15) is 13.2 Å². The minimum absolute atomic E-state index is 0.0669. The Kier molecular flexibility index (Phi) is 5.58. The number of nitrogens with zero attached hydrogens (tertiary/aromatic N) is 2. The lowest BCUT2D eigenvalue weighted by Crippen LogP contribution is -2.56. The summed E-state index contributed by atoms with van der Waals surface area (Å²) < 4.78 is 24.2. The molecule has 0 N–H and O–H groups in total. The molecule has 1 aromatic carbocycles. The maximum Gasteiger partial charge on any atom is 0.228 e. The van der Waals surface area contributed by atoms with E-state index in [1.54, 1.807) is 0 Å². The topological polar surface area (TPSA) is 57.7 Å². The number of carbonyl (C=O) groups excluding carboxylic acids is 1. The van der Waals surface area contributed by atoms with Crippen molar-refractivity contribution in [1.82, 2.24) is 9.21 Å². The second kappa shape index (κ2) is 7.24. The van der Waals surface area contributed by atoms with Crippen molar-refractivity contribution in [1.29, 1.82) is 0 Å². The monoisotopic (exact) mass is 324 g/mol. The van der Waals surface area contributed by atoms with Gasteiger partial charge in [0.2, 0.25) is 15.9 Å². The summed E-state index contributed by atoms with van der Waals surface area (Å²) in [5.41, 5.74) is 1.10. The standard InChI is InChI=1S/C16H24N2O3S/c1-3-4-10-17(11-14-8-6-5-7-9-14)16(19)15-12-18(13-15)22(2,20)21/h5-9,15H,3-4,10-13H2,1-2H3. The molecule has 1 aliphatic heterocycles. The van der Waals surface area contributed by atoms with Crippen LogP contribution in [0.15, 0.2) is 30.3 Å². The van der Waals surface area contributed by atoms with Crippen LogP contribution in [0.1, 0.15) is 25.3 Å². The van der Waals surface area contributed by atoms with E-state index in [1.807, 2.05) is 35.2 Å². The second-order valence-electron chi connectivity index (χ2n) is 5.88. The highest BCUT2D eigenvalue weighted by molar-refractivity contribution is 7.88. The number of sulfonamides is 1. The molecule has 0 aliphatic carbocycles. The minimum Gasteiger partial charge on any atom is -0.338 e. The van der Waals surface area contributed by atoms with E-state index in [1.165, 1.54) is 10.6 Å². The first-order valence-electron chi connectivity index (χ1n) is 7.69. The van der Waals surface area contributed by atoms with Gasteiger partial charge in [0.25, 0.3) is 0 Å². The van der Waals surface area contributed by atoms with Gasteiger partial charge in [0.15, 0.2) is 0 Å². The van der Waals surface area contributed by atoms with Crippen molar-refractivity contribution in [2.75, 3.05) is 25.9 Å². The Morgan fingerprint density at radius 2 is 1.91 bits per heavy atom. The van der Waals surface area contributed by atoms with Crippen LogP contribution in [-0.2, 0) is 21.4 Å². The van der Waals surface area contributed by atoms with Gasteiger partial charge in [0, 0.05) is 26.2 Å². The molecule has 0 aromatic heterocycles. The molecule has 1 fully saturated rings. The molecule has 0 radical (unpaired) electrons. The molecule has 0 atom stereocenters. The highest BCUT2D eigenvalue weighted by Crippen LogP contribution is 2.22. The molecule has 6 heteroatoms. The summed E-state index contributed by atoms with van der Waals surface area (Å²) >= 11 is 0. The molecule has 1 aliphatic rings. The van der Waals surface area contributed by atoms with E-state index in [4.69, 9.17) is 0 Å². The van der Waals surface area contributed by atoms with Crippen LogP contribution in [0.3, 0.4) is 0 Å². The van der Waals surface area contributed by atoms with Crippen LogP contribution in [0.2, 0.25) is 0 Å². The van der Waals surface area contributed by atoms with Crippen LogP contribution in [0.4, 0.5) is 0 Å². The highest BCUT2D eigenvalue weighted by Gasteiger charge is 2.39. The summed E-state index contributed by atoms with van der Waals surface area (Å²) in [4.78, 5) is 14.5. The summed E-state index contributed by atoms with van der Waals surface area (Å²) in [5.74, 6) is -0.132. The van der Waals surface area contributed by atoms with Crippen molar-refractivity contribution < 1.29 is 13.2 Å². The number of hydrogen-bond donors (Lipinski definition) is 0. The largest absolute Gasteiger partial charge is 0.338 e. The first-order valence-corrected chi connectivity index (χ1v) is 9.54. The average molecular weight is 324 g/mol. The smallest absolute Gasteiger partial charge is 0.228 e. The number of benzene rings is 1. The van der Waals surface area contributed by atoms with Crippen molar-refractivity contribution in [2.45, 2.75) is 26.3 Å². The van der Waals surface area contributed by atoms with Crippen LogP contribution in [-0.4, -0.2) is 49.4 Å². The Balaban J connectivity index is 1.98. The van der Waals surface area contributed by atoms with Gasteiger partial charge in [-0.2, -0.15) is 0 Å². The van der Waals surface area contributed by atoms with Crippen molar-refractivity contribution in [3.63, 3.8) is 0 Å². The lowest BCUT2D eigenvalue weighted by molar-refractivity contribution is -0.139. The summed E-state index contributed by atoms with van der Waals surface area (Å²) in [5, 5.41) is 0. The summed E-state index contributed by atoms with van der Waals surface area (Å²) in [6.45, 7) is 4.04. The van der Waals surface area contributed by atoms with E-state index in [0.29, 0.717) is 19.6 Å². The van der Waals surface area contributed by atoms with Crippen molar-refractivity contribution in [2.24, 2.45) is 5.92 Å². The molecule has 0 saturated carbocycles. The predicted octanol–water partition coefficient (Wildman–Crippen LogP) is 1.71. The summed E-state index contributed by atoms with van der Waals surface area (Å²) in [6, 6.07) is 9.91. The molecule has 0 unspecified atom stereocenters. The zero-order chi connectivity index (χ0) is 16.2. The van der Waals surface area contributed by atoms with E-state index in [-0.39, 0.29) is 11.8 Å². The van der Waals surface area contributed by atoms with Gasteiger partial charge in [-0.05, 0) is 12.0 Å². The lowest BCUT2D eigenvalue weighted by atomic mass is 10.0. The maximum absolute atomic E-state index is 12.6. The molecular weight excluding hydrogens is 300 g/mol. The van der Waals surface area contributed by atoms with Gasteiger partial charge in [0.05, 0.1) is 12.2 Å². The molecule has 5 nitrogen and oxygen atoms in total. The SMILES string of the molecule is CCCCN(Cc1ccccc1)C(=O)C1CN(S(C)(=O)=O)C1. The maximum atomic E-state index is 12.6. The fraction of sp³-hybridized carbons (Fsp3) is 0.562. The van der Waals surface area contributed by atoms with E-state index in [2.05, 4.69) is 6.92 Å². The number of unbranched alkanes of at least 4 members (excludes halogenated alkanes) is 1. The van der Waals surface area contributed by atoms with Crippen LogP contribution in [0, 0.1) is 5.92 Å². The molecule has 1 aromatic rings. The Hall–Kier alpha value is -1.40. The number of amides is 1. The molecular formula is C16H24N2O3S. The Bertz CT molecular complexity index is 595. The third-order valence-corrected chi connectivity index (χ3v) is 5.21. The molecule has 1 amide bonds. The summed E-state index contributed by atoms with van der Waals surface area (Å²) in [7, 11) is -3.17. The first-order chi connectivity index (χ1) is 10.4. The van der Waals surface area contributed by atoms with Gasteiger partial charge in [-0.3, -0.25) is 4.79 Å². The van der Waals surface area contributed by atoms with E-state index in [0.717, 1.165) is 24.9 Å². The third-order valence-electron chi connectivity index (χ3n) is 3.98. The molecule has 2 rings (SSSR count). The fourth-order valence-corrected chi connectivity index (χ4v) is 3.44. The van der Waals surface area contributed by atoms with Crippen LogP contribution in [0.5, 0.6) is 0 Å². The Labute approximate surface area is 133 Å². The zero-order valence-corrected chi connectivity index (χ0v) is 14.1. The van der Waals surface area contributed by atoms with Crippen molar-refractivity contribution >= 4 is 15.9 Å². The second-order valence-corrected chi connectivity index (χ2v) is 7.86. The number of carbonyl (C=O) groups is 1. The molecule has 122 valence electrons. The van der Waals surface area contributed by atoms with Crippen molar-refractivity contribution in [3.8, 4) is 0 Å². The molecule has 1 heterocycles. The Morgan fingerprint density at radius 1 is 1.27 bits per heavy atom. The van der Waals surface area contributed by atoms with Crippen LogP contribution < -0.4 is 0 Å². The van der Waals surface area contributed by atoms with Crippen LogP contribution >= 0.6 is 0 Å². The van der Waals surface area contributed by atoms with Crippen molar-refractivity contribution in [3.05, 3.63) is 35.9 Å². The Morgan fingerprint density at radius 3 is 2.45 bits per heavy atom. The van der Waals surface area contributed by atoms with Gasteiger partial charge in [0.1, 0.15) is 0 Å². The van der Waals surface area contributed by atoms with Gasteiger partial charge in [-0.1, -0.05) is 43.7 Å². The minimum atomic E-state index is -3.17. The van der Waals surface area contributed by atoms with Gasteiger partial charge >= 0.3 is 0 Å². The van der Waals surface area contributed by atoms with Gasteiger partial charge in [-0.25, -0.2) is 12.7 Å². The molecule has 22 heavy (non-hydrogen) atoms. The van der Waals surface area contributed by atoms with Gasteiger partial charge in [-0.15, -0.1) is 0 Å². The average Bonchev–Trinajstić information content (AvgIpc) is 2.41. The lowest BCUT2D eigenvalue weighted by Gasteiger charge is -2.39. The first kappa shape index (κ1) is 17.0. The van der Waals surface area contributed by atoms with Crippen LogP contribution in [0.25, 0.3) is 0 Å². The number of rotatable bonds is 7. The third kappa shape index (κ3) is 4.30. The fourth-order valence-electron chi connectivity index (χ4n) is 2.54. The number of hydrogen-bond acceptors (Lipinski definition) is 3. The van der Waals surface area contributed by atoms with E-state index < -0.39 is 10.0 Å². The normalized spacial score (nSPS) is 16.3.